The van der Waals surface area contributed by atoms with Gasteiger partial charge in [0.25, 0.3) is 5.91 Å². The third-order valence-corrected chi connectivity index (χ3v) is 4.48. The van der Waals surface area contributed by atoms with E-state index in [1.165, 1.54) is 25.3 Å². The molecule has 0 aliphatic carbocycles. The van der Waals surface area contributed by atoms with Crippen LogP contribution < -0.4 is 9.47 Å². The Bertz CT molecular complexity index is 699. The molecule has 2 rings (SSSR count). The predicted molar refractivity (Wildman–Crippen MR) is 97.7 cm³/mol. The summed E-state index contributed by atoms with van der Waals surface area (Å²) in [6.07, 6.45) is -4.18. The van der Waals surface area contributed by atoms with Crippen molar-refractivity contribution in [2.45, 2.75) is 25.6 Å². The molecule has 10 heteroatoms. The number of ether oxygens (including phenoxy) is 3. The Morgan fingerprint density at radius 1 is 1.14 bits per heavy atom. The van der Waals surface area contributed by atoms with E-state index in [2.05, 4.69) is 9.64 Å². The van der Waals surface area contributed by atoms with Crippen LogP contribution in [-0.4, -0.2) is 80.4 Å². The van der Waals surface area contributed by atoms with Gasteiger partial charge in [-0.25, -0.2) is 0 Å². The molecular weight excluding hydrogens is 393 g/mol. The first-order valence-electron chi connectivity index (χ1n) is 9.19. The maximum atomic E-state index is 12.5. The normalized spacial score (nSPS) is 17.7. The van der Waals surface area contributed by atoms with Gasteiger partial charge >= 0.3 is 12.1 Å². The lowest BCUT2D eigenvalue weighted by Crippen LogP contribution is -2.55. The molecule has 1 aliphatic rings. The van der Waals surface area contributed by atoms with E-state index in [0.29, 0.717) is 26.2 Å². The Balaban J connectivity index is 1.85. The molecule has 7 nitrogen and oxygen atoms in total. The summed E-state index contributed by atoms with van der Waals surface area (Å²) in [5.41, 5.74) is 0. The summed E-state index contributed by atoms with van der Waals surface area (Å²) < 4.78 is 51.9. The number of halogens is 3. The number of carbonyl (C=O) groups is 2. The summed E-state index contributed by atoms with van der Waals surface area (Å²) in [6.45, 7) is 2.38. The minimum Gasteiger partial charge on any atom is -0.480 e. The summed E-state index contributed by atoms with van der Waals surface area (Å²) in [7, 11) is 1.34. The van der Waals surface area contributed by atoms with E-state index in [9.17, 15) is 22.8 Å². The van der Waals surface area contributed by atoms with Gasteiger partial charge in [0.2, 0.25) is 0 Å². The number of methoxy groups -OCH3 is 1. The van der Waals surface area contributed by atoms with Gasteiger partial charge in [0.15, 0.2) is 24.7 Å². The van der Waals surface area contributed by atoms with Gasteiger partial charge in [0, 0.05) is 32.2 Å². The van der Waals surface area contributed by atoms with Crippen molar-refractivity contribution in [1.82, 2.24) is 9.80 Å². The molecule has 1 amide bonds. The fraction of sp³-hybridized carbons (Fsp3) is 0.579. The molecule has 1 fully saturated rings. The van der Waals surface area contributed by atoms with Crippen molar-refractivity contribution in [3.05, 3.63) is 24.3 Å². The van der Waals surface area contributed by atoms with Crippen LogP contribution in [0.3, 0.4) is 0 Å². The lowest BCUT2D eigenvalue weighted by atomic mass is 10.2. The SMILES string of the molecule is COC(=O)CCN1CCN(C(=O)COc2ccccc2OCC(F)(F)F)C(C)C1. The summed E-state index contributed by atoms with van der Waals surface area (Å²) in [4.78, 5) is 27.5. The Hall–Kier alpha value is -2.49. The van der Waals surface area contributed by atoms with Crippen LogP contribution in [0.5, 0.6) is 11.5 Å². The smallest absolute Gasteiger partial charge is 0.422 e. The second-order valence-electron chi connectivity index (χ2n) is 6.70. The van der Waals surface area contributed by atoms with Gasteiger partial charge in [-0.05, 0) is 19.1 Å². The second-order valence-corrected chi connectivity index (χ2v) is 6.70. The molecule has 1 aliphatic heterocycles. The number of esters is 1. The van der Waals surface area contributed by atoms with Crippen LogP contribution in [0, 0.1) is 0 Å². The van der Waals surface area contributed by atoms with Gasteiger partial charge in [-0.3, -0.25) is 14.5 Å². The van der Waals surface area contributed by atoms with E-state index in [1.54, 1.807) is 11.0 Å². The lowest BCUT2D eigenvalue weighted by molar-refractivity contribution is -0.153. The molecule has 0 bridgehead atoms. The van der Waals surface area contributed by atoms with Gasteiger partial charge in [0.05, 0.1) is 13.5 Å². The molecule has 0 spiro atoms. The molecule has 162 valence electrons. The van der Waals surface area contributed by atoms with Crippen molar-refractivity contribution in [3.8, 4) is 11.5 Å². The van der Waals surface area contributed by atoms with Crippen LogP contribution >= 0.6 is 0 Å². The number of para-hydroxylation sites is 2. The molecule has 1 saturated heterocycles. The largest absolute Gasteiger partial charge is 0.480 e. The molecule has 1 unspecified atom stereocenters. The number of alkyl halides is 3. The zero-order valence-electron chi connectivity index (χ0n) is 16.4. The summed E-state index contributed by atoms with van der Waals surface area (Å²) >= 11 is 0. The molecule has 0 radical (unpaired) electrons. The Morgan fingerprint density at radius 2 is 1.79 bits per heavy atom. The van der Waals surface area contributed by atoms with E-state index in [4.69, 9.17) is 9.47 Å². The molecule has 0 N–H and O–H groups in total. The topological polar surface area (TPSA) is 68.3 Å². The van der Waals surface area contributed by atoms with E-state index < -0.39 is 12.8 Å². The zero-order chi connectivity index (χ0) is 21.4. The van der Waals surface area contributed by atoms with Crippen molar-refractivity contribution >= 4 is 11.9 Å². The predicted octanol–water partition coefficient (Wildman–Crippen LogP) is 2.10. The number of rotatable bonds is 8. The Kier molecular flexibility index (Phi) is 8.12. The zero-order valence-corrected chi connectivity index (χ0v) is 16.4. The molecule has 1 heterocycles. The lowest BCUT2D eigenvalue weighted by Gasteiger charge is -2.39. The number of nitrogens with zero attached hydrogens (tertiary/aromatic N) is 2. The van der Waals surface area contributed by atoms with Crippen LogP contribution in [0.1, 0.15) is 13.3 Å². The van der Waals surface area contributed by atoms with Gasteiger partial charge in [-0.1, -0.05) is 12.1 Å². The Labute approximate surface area is 167 Å². The maximum absolute atomic E-state index is 12.5. The third kappa shape index (κ3) is 7.45. The molecule has 1 aromatic rings. The minimum atomic E-state index is -4.47. The molecular formula is C19H25F3N2O5. The average Bonchev–Trinajstić information content (AvgIpc) is 2.68. The first-order valence-corrected chi connectivity index (χ1v) is 9.19. The summed E-state index contributed by atoms with van der Waals surface area (Å²) in [6, 6.07) is 5.83. The number of benzene rings is 1. The highest BCUT2D eigenvalue weighted by Gasteiger charge is 2.30. The first-order chi connectivity index (χ1) is 13.7. The average molecular weight is 418 g/mol. The number of amides is 1. The Morgan fingerprint density at radius 3 is 2.38 bits per heavy atom. The summed E-state index contributed by atoms with van der Waals surface area (Å²) in [5.74, 6) is -0.542. The van der Waals surface area contributed by atoms with E-state index in [1.807, 2.05) is 6.92 Å². The van der Waals surface area contributed by atoms with Gasteiger partial charge < -0.3 is 19.1 Å². The van der Waals surface area contributed by atoms with E-state index >= 15 is 0 Å². The van der Waals surface area contributed by atoms with Crippen LogP contribution in [0.4, 0.5) is 13.2 Å². The standard InChI is InChI=1S/C19H25F3N2O5/c1-14-11-23(8-7-18(26)27-2)9-10-24(14)17(25)12-28-15-5-3-4-6-16(15)29-13-19(20,21)22/h3-6,14H,7-13H2,1-2H3. The van der Waals surface area contributed by atoms with Crippen molar-refractivity contribution in [1.29, 1.82) is 0 Å². The number of hydrogen-bond donors (Lipinski definition) is 0. The fourth-order valence-corrected chi connectivity index (χ4v) is 3.03. The van der Waals surface area contributed by atoms with E-state index in [-0.39, 0.29) is 42.4 Å². The van der Waals surface area contributed by atoms with Gasteiger partial charge in [-0.2, -0.15) is 13.2 Å². The molecule has 1 atom stereocenters. The second kappa shape index (κ2) is 10.3. The molecule has 29 heavy (non-hydrogen) atoms. The molecule has 0 aromatic heterocycles. The van der Waals surface area contributed by atoms with Crippen molar-refractivity contribution in [3.63, 3.8) is 0 Å². The monoisotopic (exact) mass is 418 g/mol. The highest BCUT2D eigenvalue weighted by atomic mass is 19.4. The van der Waals surface area contributed by atoms with Crippen molar-refractivity contribution in [2.75, 3.05) is 46.5 Å². The molecule has 0 saturated carbocycles. The van der Waals surface area contributed by atoms with Crippen LogP contribution in [0.2, 0.25) is 0 Å². The number of piperazine rings is 1. The first kappa shape index (κ1) is 22.8. The summed E-state index contributed by atoms with van der Waals surface area (Å²) in [5, 5.41) is 0. The van der Waals surface area contributed by atoms with Crippen LogP contribution in [-0.2, 0) is 14.3 Å². The van der Waals surface area contributed by atoms with Gasteiger partial charge in [-0.15, -0.1) is 0 Å². The van der Waals surface area contributed by atoms with E-state index in [0.717, 1.165) is 0 Å². The number of hydrogen-bond acceptors (Lipinski definition) is 6. The highest BCUT2D eigenvalue weighted by Crippen LogP contribution is 2.28. The third-order valence-electron chi connectivity index (χ3n) is 4.48. The van der Waals surface area contributed by atoms with Crippen LogP contribution in [0.15, 0.2) is 24.3 Å². The van der Waals surface area contributed by atoms with Crippen LogP contribution in [0.25, 0.3) is 0 Å². The molecule has 1 aromatic carbocycles. The maximum Gasteiger partial charge on any atom is 0.422 e. The number of carbonyl (C=O) groups excluding carboxylic acids is 2. The fourth-order valence-electron chi connectivity index (χ4n) is 3.03. The minimum absolute atomic E-state index is 0.0710. The quantitative estimate of drug-likeness (QED) is 0.603. The van der Waals surface area contributed by atoms with Crippen molar-refractivity contribution < 1.29 is 37.0 Å². The van der Waals surface area contributed by atoms with Gasteiger partial charge in [0.1, 0.15) is 0 Å². The highest BCUT2D eigenvalue weighted by molar-refractivity contribution is 5.78. The van der Waals surface area contributed by atoms with Crippen molar-refractivity contribution in [2.24, 2.45) is 0 Å².